The Morgan fingerprint density at radius 1 is 0.944 bits per heavy atom. The molecule has 10 heteroatoms. The predicted molar refractivity (Wildman–Crippen MR) is 138 cm³/mol. The first-order chi connectivity index (χ1) is 17.3. The van der Waals surface area contributed by atoms with Crippen LogP contribution in [-0.4, -0.2) is 54.1 Å². The van der Waals surface area contributed by atoms with Crippen LogP contribution in [0.25, 0.3) is 22.2 Å². The molecule has 0 saturated heterocycles. The lowest BCUT2D eigenvalue weighted by Gasteiger charge is -2.14. The van der Waals surface area contributed by atoms with Crippen molar-refractivity contribution < 1.29 is 19.1 Å². The topological polar surface area (TPSA) is 130 Å². The Morgan fingerprint density at radius 3 is 2.25 bits per heavy atom. The summed E-state index contributed by atoms with van der Waals surface area (Å²) in [6, 6.07) is 12.3. The molecule has 0 fully saturated rings. The van der Waals surface area contributed by atoms with Crippen LogP contribution in [0.15, 0.2) is 48.7 Å². The molecule has 4 rings (SSSR count). The number of aromatic amines is 1. The molecule has 36 heavy (non-hydrogen) atoms. The third-order valence-corrected chi connectivity index (χ3v) is 5.47. The van der Waals surface area contributed by atoms with Gasteiger partial charge in [-0.1, -0.05) is 12.1 Å². The lowest BCUT2D eigenvalue weighted by Crippen LogP contribution is -2.17. The highest BCUT2D eigenvalue weighted by Crippen LogP contribution is 2.36. The highest BCUT2D eigenvalue weighted by atomic mass is 16.5. The standard InChI is InChI=1S/C26H28N6O4/c1-14(2)36-25-21-18(15-6-8-16(9-7-15)23(33)27-3)13-29-22(21)31-26(32-25)30-19-11-10-17(24(34)28-4)12-20(19)35-5/h6-14H,1-5H3,(H,27,33)(H,28,34)(H2,29,30,31,32). The van der Waals surface area contributed by atoms with Gasteiger partial charge in [0.2, 0.25) is 11.8 Å². The zero-order chi connectivity index (χ0) is 25.8. The molecule has 2 aromatic carbocycles. The van der Waals surface area contributed by atoms with E-state index in [0.717, 1.165) is 16.5 Å². The van der Waals surface area contributed by atoms with Gasteiger partial charge in [-0.3, -0.25) is 9.59 Å². The first-order valence-electron chi connectivity index (χ1n) is 11.4. The molecule has 2 amide bonds. The van der Waals surface area contributed by atoms with Gasteiger partial charge in [0, 0.05) is 37.0 Å². The Bertz CT molecular complexity index is 1410. The van der Waals surface area contributed by atoms with Crippen molar-refractivity contribution >= 4 is 34.5 Å². The van der Waals surface area contributed by atoms with E-state index in [-0.39, 0.29) is 17.9 Å². The van der Waals surface area contributed by atoms with Crippen molar-refractivity contribution in [1.82, 2.24) is 25.6 Å². The maximum absolute atomic E-state index is 12.0. The van der Waals surface area contributed by atoms with Crippen LogP contribution < -0.4 is 25.4 Å². The number of carbonyl (C=O) groups is 2. The van der Waals surface area contributed by atoms with Crippen molar-refractivity contribution in [1.29, 1.82) is 0 Å². The summed E-state index contributed by atoms with van der Waals surface area (Å²) >= 11 is 0. The first kappa shape index (κ1) is 24.5. The van der Waals surface area contributed by atoms with E-state index in [9.17, 15) is 9.59 Å². The number of nitrogens with zero attached hydrogens (tertiary/aromatic N) is 2. The number of ether oxygens (including phenoxy) is 2. The molecule has 0 spiro atoms. The molecule has 186 valence electrons. The number of hydrogen-bond acceptors (Lipinski definition) is 7. The van der Waals surface area contributed by atoms with Gasteiger partial charge in [-0.15, -0.1) is 0 Å². The summed E-state index contributed by atoms with van der Waals surface area (Å²) in [6.45, 7) is 3.85. The van der Waals surface area contributed by atoms with Crippen LogP contribution >= 0.6 is 0 Å². The lowest BCUT2D eigenvalue weighted by atomic mass is 10.0. The van der Waals surface area contributed by atoms with E-state index in [0.29, 0.717) is 40.0 Å². The molecule has 4 aromatic rings. The smallest absolute Gasteiger partial charge is 0.251 e. The molecule has 2 aromatic heterocycles. The minimum Gasteiger partial charge on any atom is -0.495 e. The van der Waals surface area contributed by atoms with E-state index >= 15 is 0 Å². The van der Waals surface area contributed by atoms with Gasteiger partial charge in [0.1, 0.15) is 11.4 Å². The number of nitrogens with one attached hydrogen (secondary N) is 4. The van der Waals surface area contributed by atoms with E-state index in [4.69, 9.17) is 9.47 Å². The van der Waals surface area contributed by atoms with E-state index in [1.54, 1.807) is 44.4 Å². The molecular formula is C26H28N6O4. The highest BCUT2D eigenvalue weighted by Gasteiger charge is 2.19. The fourth-order valence-corrected chi connectivity index (χ4v) is 3.74. The van der Waals surface area contributed by atoms with Gasteiger partial charge in [-0.2, -0.15) is 9.97 Å². The quantitative estimate of drug-likeness (QED) is 0.296. The van der Waals surface area contributed by atoms with E-state index in [1.165, 1.54) is 7.11 Å². The fourth-order valence-electron chi connectivity index (χ4n) is 3.74. The largest absolute Gasteiger partial charge is 0.495 e. The van der Waals surface area contributed by atoms with Gasteiger partial charge in [0.25, 0.3) is 11.8 Å². The Kier molecular flexibility index (Phi) is 7.05. The minimum atomic E-state index is -0.215. The van der Waals surface area contributed by atoms with Crippen LogP contribution in [0.2, 0.25) is 0 Å². The zero-order valence-electron chi connectivity index (χ0n) is 20.7. The summed E-state index contributed by atoms with van der Waals surface area (Å²) in [6.07, 6.45) is 1.71. The van der Waals surface area contributed by atoms with Gasteiger partial charge in [0.15, 0.2) is 0 Å². The number of aromatic nitrogens is 3. The van der Waals surface area contributed by atoms with Gasteiger partial charge in [-0.05, 0) is 49.7 Å². The molecule has 0 aliphatic heterocycles. The number of fused-ring (bicyclic) bond motifs is 1. The number of benzene rings is 2. The van der Waals surface area contributed by atoms with Crippen LogP contribution in [0.4, 0.5) is 11.6 Å². The normalized spacial score (nSPS) is 10.8. The minimum absolute atomic E-state index is 0.129. The maximum Gasteiger partial charge on any atom is 0.251 e. The number of hydrogen-bond donors (Lipinski definition) is 4. The van der Waals surface area contributed by atoms with Crippen molar-refractivity contribution in [2.45, 2.75) is 20.0 Å². The number of H-pyrrole nitrogens is 1. The summed E-state index contributed by atoms with van der Waals surface area (Å²) in [5, 5.41) is 9.11. The third kappa shape index (κ3) is 4.92. The van der Waals surface area contributed by atoms with Crippen LogP contribution in [0.5, 0.6) is 11.6 Å². The summed E-state index contributed by atoms with van der Waals surface area (Å²) in [7, 11) is 4.69. The Balaban J connectivity index is 1.74. The number of rotatable bonds is 8. The third-order valence-electron chi connectivity index (χ3n) is 5.47. The van der Waals surface area contributed by atoms with E-state index < -0.39 is 0 Å². The molecule has 0 atom stereocenters. The number of carbonyl (C=O) groups excluding carboxylic acids is 2. The average Bonchev–Trinajstić information content (AvgIpc) is 3.32. The number of anilines is 2. The van der Waals surface area contributed by atoms with Crippen molar-refractivity contribution in [3.63, 3.8) is 0 Å². The summed E-state index contributed by atoms with van der Waals surface area (Å²) in [5.41, 5.74) is 3.95. The van der Waals surface area contributed by atoms with Crippen LogP contribution in [0.3, 0.4) is 0 Å². The molecule has 0 unspecified atom stereocenters. The Morgan fingerprint density at radius 2 is 1.61 bits per heavy atom. The summed E-state index contributed by atoms with van der Waals surface area (Å²) in [4.78, 5) is 36.4. The number of methoxy groups -OCH3 is 1. The maximum atomic E-state index is 12.0. The van der Waals surface area contributed by atoms with Gasteiger partial charge in [0.05, 0.1) is 24.3 Å². The fraction of sp³-hybridized carbons (Fsp3) is 0.231. The second-order valence-electron chi connectivity index (χ2n) is 8.22. The highest BCUT2D eigenvalue weighted by molar-refractivity contribution is 5.99. The average molecular weight is 489 g/mol. The molecule has 0 radical (unpaired) electrons. The predicted octanol–water partition coefficient (Wildman–Crippen LogP) is 3.88. The SMILES string of the molecule is CNC(=O)c1ccc(-c2c[nH]c3nc(Nc4ccc(C(=O)NC)cc4OC)nc(OC(C)C)c23)cc1. The molecule has 10 nitrogen and oxygen atoms in total. The first-order valence-corrected chi connectivity index (χ1v) is 11.4. The Labute approximate surface area is 208 Å². The van der Waals surface area contributed by atoms with Crippen LogP contribution in [0.1, 0.15) is 34.6 Å². The molecule has 0 aliphatic rings. The molecular weight excluding hydrogens is 460 g/mol. The van der Waals surface area contributed by atoms with E-state index in [1.807, 2.05) is 32.2 Å². The molecule has 0 aliphatic carbocycles. The van der Waals surface area contributed by atoms with Gasteiger partial charge < -0.3 is 30.4 Å². The molecule has 4 N–H and O–H groups in total. The van der Waals surface area contributed by atoms with Crippen molar-refractivity contribution in [3.05, 3.63) is 59.8 Å². The van der Waals surface area contributed by atoms with Crippen molar-refractivity contribution in [3.8, 4) is 22.8 Å². The van der Waals surface area contributed by atoms with Crippen LogP contribution in [-0.2, 0) is 0 Å². The zero-order valence-corrected chi connectivity index (χ0v) is 20.7. The number of amides is 2. The second-order valence-corrected chi connectivity index (χ2v) is 8.22. The summed E-state index contributed by atoms with van der Waals surface area (Å²) in [5.74, 6) is 0.807. The second kappa shape index (κ2) is 10.3. The van der Waals surface area contributed by atoms with Crippen molar-refractivity contribution in [2.24, 2.45) is 0 Å². The van der Waals surface area contributed by atoms with Crippen LogP contribution in [0, 0.1) is 0 Å². The van der Waals surface area contributed by atoms with Crippen molar-refractivity contribution in [2.75, 3.05) is 26.5 Å². The Hall–Kier alpha value is -4.60. The monoisotopic (exact) mass is 488 g/mol. The van der Waals surface area contributed by atoms with Gasteiger partial charge >= 0.3 is 0 Å². The molecule has 0 saturated carbocycles. The lowest BCUT2D eigenvalue weighted by molar-refractivity contribution is 0.0955. The molecule has 2 heterocycles. The molecule has 0 bridgehead atoms. The van der Waals surface area contributed by atoms with Gasteiger partial charge in [-0.25, -0.2) is 0 Å². The summed E-state index contributed by atoms with van der Waals surface area (Å²) < 4.78 is 11.5. The van der Waals surface area contributed by atoms with E-state index in [2.05, 4.69) is 30.9 Å².